The van der Waals surface area contributed by atoms with E-state index in [9.17, 15) is 4.79 Å². The highest BCUT2D eigenvalue weighted by molar-refractivity contribution is 5.86. The summed E-state index contributed by atoms with van der Waals surface area (Å²) in [5.74, 6) is 1.12. The molecule has 3 rings (SSSR count). The zero-order valence-corrected chi connectivity index (χ0v) is 18.6. The van der Waals surface area contributed by atoms with Crippen molar-refractivity contribution in [2.45, 2.75) is 13.5 Å². The van der Waals surface area contributed by atoms with Crippen LogP contribution in [0.15, 0.2) is 39.9 Å². The molecule has 0 bridgehead atoms. The first kappa shape index (κ1) is 22.8. The smallest absolute Gasteiger partial charge is 0.241 e. The average molecular weight is 429 g/mol. The number of aromatic nitrogens is 1. The van der Waals surface area contributed by atoms with Gasteiger partial charge in [0, 0.05) is 45.8 Å². The van der Waals surface area contributed by atoms with Crippen LogP contribution in [0.5, 0.6) is 0 Å². The number of amides is 1. The van der Waals surface area contributed by atoms with E-state index in [1.54, 1.807) is 25.3 Å². The van der Waals surface area contributed by atoms with E-state index in [-0.39, 0.29) is 12.5 Å². The molecule has 0 unspecified atom stereocenters. The predicted octanol–water partition coefficient (Wildman–Crippen LogP) is 1.11. The zero-order valence-electron chi connectivity index (χ0n) is 18.6. The van der Waals surface area contributed by atoms with Crippen molar-refractivity contribution in [2.75, 3.05) is 60.0 Å². The van der Waals surface area contributed by atoms with Crippen LogP contribution in [0.3, 0.4) is 0 Å². The number of carbonyl (C=O) groups is 1. The number of morpholine rings is 1. The van der Waals surface area contributed by atoms with Crippen LogP contribution >= 0.6 is 0 Å². The molecule has 0 atom stereocenters. The Morgan fingerprint density at radius 1 is 1.19 bits per heavy atom. The monoisotopic (exact) mass is 428 g/mol. The molecule has 0 spiro atoms. The summed E-state index contributed by atoms with van der Waals surface area (Å²) >= 11 is 0. The van der Waals surface area contributed by atoms with Gasteiger partial charge in [-0.2, -0.15) is 0 Å². The van der Waals surface area contributed by atoms with Gasteiger partial charge >= 0.3 is 0 Å². The Labute approximate surface area is 183 Å². The van der Waals surface area contributed by atoms with E-state index >= 15 is 0 Å². The molecule has 2 N–H and O–H groups in total. The highest BCUT2D eigenvalue weighted by Crippen LogP contribution is 2.19. The number of benzene rings is 1. The van der Waals surface area contributed by atoms with E-state index in [1.807, 2.05) is 31.2 Å². The van der Waals surface area contributed by atoms with Gasteiger partial charge in [0.15, 0.2) is 5.96 Å². The van der Waals surface area contributed by atoms with Crippen molar-refractivity contribution >= 4 is 11.9 Å². The molecule has 0 saturated carbocycles. The fourth-order valence-electron chi connectivity index (χ4n) is 3.02. The number of ether oxygens (including phenoxy) is 1. The maximum atomic E-state index is 12.0. The lowest BCUT2D eigenvalue weighted by atomic mass is 10.1. The normalized spacial score (nSPS) is 15.0. The molecule has 0 aliphatic carbocycles. The minimum absolute atomic E-state index is 0.0224. The molecule has 9 heteroatoms. The number of likely N-dealkylation sites (N-methyl/N-ethyl adjacent to an activating group) is 1. The molecule has 1 fully saturated rings. The van der Waals surface area contributed by atoms with Gasteiger partial charge in [0.1, 0.15) is 12.0 Å². The van der Waals surface area contributed by atoms with Gasteiger partial charge in [-0.1, -0.05) is 17.7 Å². The van der Waals surface area contributed by atoms with E-state index in [4.69, 9.17) is 9.15 Å². The average Bonchev–Trinajstić information content (AvgIpc) is 3.25. The predicted molar refractivity (Wildman–Crippen MR) is 120 cm³/mol. The van der Waals surface area contributed by atoms with E-state index in [0.717, 1.165) is 50.7 Å². The molecular formula is C22H32N6O3. The van der Waals surface area contributed by atoms with Crippen LogP contribution in [0, 0.1) is 6.92 Å². The Morgan fingerprint density at radius 2 is 1.94 bits per heavy atom. The molecule has 2 aromatic rings. The van der Waals surface area contributed by atoms with Crippen LogP contribution in [0.1, 0.15) is 11.3 Å². The summed E-state index contributed by atoms with van der Waals surface area (Å²) < 4.78 is 11.0. The van der Waals surface area contributed by atoms with Gasteiger partial charge in [-0.05, 0) is 19.1 Å². The van der Waals surface area contributed by atoms with E-state index < -0.39 is 0 Å². The Bertz CT molecular complexity index is 856. The van der Waals surface area contributed by atoms with Gasteiger partial charge < -0.3 is 24.7 Å². The summed E-state index contributed by atoms with van der Waals surface area (Å²) in [5, 5.41) is 6.40. The second kappa shape index (κ2) is 11.5. The lowest BCUT2D eigenvalue weighted by Crippen LogP contribution is -2.46. The summed E-state index contributed by atoms with van der Waals surface area (Å²) in [4.78, 5) is 25.0. The Hall–Kier alpha value is -2.91. The molecule has 31 heavy (non-hydrogen) atoms. The Balaban J connectivity index is 1.58. The molecule has 9 nitrogen and oxygen atoms in total. The largest absolute Gasteiger partial charge is 0.444 e. The van der Waals surface area contributed by atoms with E-state index in [0.29, 0.717) is 18.4 Å². The van der Waals surface area contributed by atoms with Crippen molar-refractivity contribution in [1.29, 1.82) is 0 Å². The van der Waals surface area contributed by atoms with Gasteiger partial charge in [0.2, 0.25) is 11.8 Å². The quantitative estimate of drug-likeness (QED) is 0.480. The first-order valence-corrected chi connectivity index (χ1v) is 10.5. The van der Waals surface area contributed by atoms with Gasteiger partial charge in [0.05, 0.1) is 26.3 Å². The molecule has 2 heterocycles. The molecule has 1 amide bonds. The van der Waals surface area contributed by atoms with Crippen molar-refractivity contribution in [3.05, 3.63) is 41.8 Å². The van der Waals surface area contributed by atoms with Crippen molar-refractivity contribution in [3.63, 3.8) is 0 Å². The molecule has 1 aromatic carbocycles. The van der Waals surface area contributed by atoms with Crippen LogP contribution in [-0.2, 0) is 16.1 Å². The molecular weight excluding hydrogens is 396 g/mol. The first-order valence-electron chi connectivity index (χ1n) is 10.5. The number of hydrogen-bond acceptors (Lipinski definition) is 6. The minimum atomic E-state index is -0.0224. The minimum Gasteiger partial charge on any atom is -0.444 e. The standard InChI is InChI=1S/C22H32N6O3/c1-17-4-6-18(7-5-17)21-26-19(16-31-21)14-24-22(25-15-20(29)27(2)3)23-8-9-28-10-12-30-13-11-28/h4-7,16H,8-15H2,1-3H3,(H2,23,24,25). The first-order chi connectivity index (χ1) is 15.0. The fraction of sp³-hybridized carbons (Fsp3) is 0.500. The van der Waals surface area contributed by atoms with Crippen molar-refractivity contribution in [1.82, 2.24) is 25.4 Å². The number of nitrogens with zero attached hydrogens (tertiary/aromatic N) is 4. The van der Waals surface area contributed by atoms with Gasteiger partial charge in [-0.15, -0.1) is 0 Å². The van der Waals surface area contributed by atoms with Crippen molar-refractivity contribution in [3.8, 4) is 11.5 Å². The van der Waals surface area contributed by atoms with Crippen LogP contribution in [0.2, 0.25) is 0 Å². The number of hydrogen-bond donors (Lipinski definition) is 2. The highest BCUT2D eigenvalue weighted by Gasteiger charge is 2.11. The van der Waals surface area contributed by atoms with Crippen molar-refractivity contribution in [2.24, 2.45) is 4.99 Å². The van der Waals surface area contributed by atoms with Crippen LogP contribution in [0.25, 0.3) is 11.5 Å². The molecule has 1 saturated heterocycles. The number of carbonyl (C=O) groups excluding carboxylic acids is 1. The summed E-state index contributed by atoms with van der Waals surface area (Å²) in [7, 11) is 3.46. The topological polar surface area (TPSA) is 95.2 Å². The third-order valence-corrected chi connectivity index (χ3v) is 4.98. The maximum Gasteiger partial charge on any atom is 0.241 e. The van der Waals surface area contributed by atoms with Gasteiger partial charge in [0.25, 0.3) is 0 Å². The third kappa shape index (κ3) is 7.37. The number of oxazole rings is 1. The second-order valence-electron chi connectivity index (χ2n) is 7.70. The van der Waals surface area contributed by atoms with Crippen molar-refractivity contribution < 1.29 is 13.9 Å². The fourth-order valence-corrected chi connectivity index (χ4v) is 3.02. The number of aryl methyl sites for hydroxylation is 1. The highest BCUT2D eigenvalue weighted by atomic mass is 16.5. The van der Waals surface area contributed by atoms with Crippen LogP contribution < -0.4 is 10.6 Å². The lowest BCUT2D eigenvalue weighted by Gasteiger charge is -2.26. The third-order valence-electron chi connectivity index (χ3n) is 4.98. The maximum absolute atomic E-state index is 12.0. The van der Waals surface area contributed by atoms with Crippen LogP contribution in [-0.4, -0.2) is 86.7 Å². The summed E-state index contributed by atoms with van der Waals surface area (Å²) in [5.41, 5.74) is 2.84. The summed E-state index contributed by atoms with van der Waals surface area (Å²) in [6.45, 7) is 7.56. The number of aliphatic imine (C=N–C) groups is 1. The van der Waals surface area contributed by atoms with Crippen LogP contribution in [0.4, 0.5) is 0 Å². The molecule has 0 radical (unpaired) electrons. The van der Waals surface area contributed by atoms with Gasteiger partial charge in [-0.3, -0.25) is 9.69 Å². The lowest BCUT2D eigenvalue weighted by molar-refractivity contribution is -0.127. The molecule has 1 aliphatic rings. The SMILES string of the molecule is Cc1ccc(-c2nc(CN=C(NCCN3CCOCC3)NCC(=O)N(C)C)co2)cc1. The van der Waals surface area contributed by atoms with Gasteiger partial charge in [-0.25, -0.2) is 9.98 Å². The molecule has 1 aliphatic heterocycles. The molecule has 168 valence electrons. The Morgan fingerprint density at radius 3 is 2.65 bits per heavy atom. The summed E-state index contributed by atoms with van der Waals surface area (Å²) in [6, 6.07) is 8.03. The summed E-state index contributed by atoms with van der Waals surface area (Å²) in [6.07, 6.45) is 1.62. The zero-order chi connectivity index (χ0) is 22.1. The number of guanidine groups is 1. The second-order valence-corrected chi connectivity index (χ2v) is 7.70. The molecule has 1 aromatic heterocycles. The van der Waals surface area contributed by atoms with E-state index in [1.165, 1.54) is 5.56 Å². The number of nitrogens with one attached hydrogen (secondary N) is 2. The number of rotatable bonds is 8. The van der Waals surface area contributed by atoms with E-state index in [2.05, 4.69) is 25.5 Å². The Kier molecular flexibility index (Phi) is 8.43.